The fraction of sp³-hybridized carbons (Fsp3) is 0.583. The second-order valence-electron chi connectivity index (χ2n) is 4.65. The summed E-state index contributed by atoms with van der Waals surface area (Å²) >= 11 is 0.991. The lowest BCUT2D eigenvalue weighted by atomic mass is 10.1. The number of hydrogen-bond acceptors (Lipinski definition) is 4. The van der Waals surface area contributed by atoms with Gasteiger partial charge in [-0.1, -0.05) is 19.3 Å². The maximum Gasteiger partial charge on any atom is 0.270 e. The van der Waals surface area contributed by atoms with Crippen molar-refractivity contribution in [2.24, 2.45) is 0 Å². The molecule has 19 heavy (non-hydrogen) atoms. The molecular weight excluding hydrogens is 306 g/mol. The van der Waals surface area contributed by atoms with Gasteiger partial charge in [-0.2, -0.15) is 0 Å². The molecule has 1 fully saturated rings. The molecule has 106 valence electrons. The van der Waals surface area contributed by atoms with Crippen molar-refractivity contribution < 1.29 is 13.2 Å². The summed E-state index contributed by atoms with van der Waals surface area (Å²) in [4.78, 5) is 14.1. The fourth-order valence-corrected chi connectivity index (χ4v) is 4.13. The van der Waals surface area contributed by atoms with Crippen LogP contribution in [0.4, 0.5) is 0 Å². The number of likely N-dealkylation sites (tertiary alicyclic amines) is 1. The van der Waals surface area contributed by atoms with Gasteiger partial charge in [0.1, 0.15) is 4.21 Å². The van der Waals surface area contributed by atoms with Gasteiger partial charge in [0, 0.05) is 29.2 Å². The summed E-state index contributed by atoms with van der Waals surface area (Å²) in [5.74, 6) is -0.0929. The monoisotopic (exact) mass is 321 g/mol. The summed E-state index contributed by atoms with van der Waals surface area (Å²) in [6.07, 6.45) is 5.55. The Morgan fingerprint density at radius 1 is 1.16 bits per heavy atom. The molecule has 0 bridgehead atoms. The average molecular weight is 322 g/mol. The summed E-state index contributed by atoms with van der Waals surface area (Å²) in [5, 5.41) is 1.57. The lowest BCUT2D eigenvalue weighted by molar-refractivity contribution is 0.0743. The van der Waals surface area contributed by atoms with Crippen molar-refractivity contribution in [3.63, 3.8) is 0 Å². The van der Waals surface area contributed by atoms with Gasteiger partial charge in [0.15, 0.2) is 0 Å². The van der Waals surface area contributed by atoms with Crippen LogP contribution in [0.5, 0.6) is 0 Å². The molecule has 0 N–H and O–H groups in total. The highest BCUT2D eigenvalue weighted by Gasteiger charge is 2.21. The van der Waals surface area contributed by atoms with Gasteiger partial charge in [0.25, 0.3) is 15.0 Å². The molecule has 0 atom stereocenters. The largest absolute Gasteiger partial charge is 0.339 e. The van der Waals surface area contributed by atoms with Crippen molar-refractivity contribution in [2.45, 2.75) is 36.3 Å². The Balaban J connectivity index is 2.12. The molecule has 2 heterocycles. The first kappa shape index (κ1) is 14.8. The quantitative estimate of drug-likeness (QED) is 0.787. The van der Waals surface area contributed by atoms with Crippen molar-refractivity contribution in [1.29, 1.82) is 0 Å². The van der Waals surface area contributed by atoms with Gasteiger partial charge in [0.2, 0.25) is 0 Å². The molecule has 1 aromatic rings. The Labute approximate surface area is 121 Å². The molecule has 0 aliphatic carbocycles. The maximum absolute atomic E-state index is 12.3. The SMILES string of the molecule is O=C(c1csc(S(=O)(=O)Cl)c1)N1CCCCCCC1. The highest BCUT2D eigenvalue weighted by molar-refractivity contribution is 8.15. The zero-order chi connectivity index (χ0) is 13.9. The number of amides is 1. The number of thiophene rings is 1. The normalized spacial score (nSPS) is 17.8. The molecule has 2 rings (SSSR count). The van der Waals surface area contributed by atoms with E-state index in [0.29, 0.717) is 5.56 Å². The molecule has 1 saturated heterocycles. The number of halogens is 1. The molecule has 7 heteroatoms. The third-order valence-corrected chi connectivity index (χ3v) is 6.25. The van der Waals surface area contributed by atoms with Crippen LogP contribution < -0.4 is 0 Å². The standard InChI is InChI=1S/C12H16ClNO3S2/c13-19(16,17)11-8-10(9-18-11)12(15)14-6-4-2-1-3-5-7-14/h8-9H,1-7H2. The Bertz CT molecular complexity index is 545. The van der Waals surface area contributed by atoms with Gasteiger partial charge in [-0.05, 0) is 18.9 Å². The first-order valence-electron chi connectivity index (χ1n) is 6.31. The number of rotatable bonds is 2. The molecule has 0 spiro atoms. The van der Waals surface area contributed by atoms with Crippen LogP contribution in [-0.4, -0.2) is 32.3 Å². The van der Waals surface area contributed by atoms with Crippen molar-refractivity contribution >= 4 is 37.0 Å². The molecule has 0 saturated carbocycles. The number of carbonyl (C=O) groups is 1. The van der Waals surface area contributed by atoms with Crippen LogP contribution in [-0.2, 0) is 9.05 Å². The van der Waals surface area contributed by atoms with Crippen LogP contribution in [0.25, 0.3) is 0 Å². The van der Waals surface area contributed by atoms with E-state index in [1.807, 2.05) is 4.90 Å². The number of carbonyl (C=O) groups excluding carboxylic acids is 1. The number of hydrogen-bond donors (Lipinski definition) is 0. The summed E-state index contributed by atoms with van der Waals surface area (Å²) < 4.78 is 22.4. The van der Waals surface area contributed by atoms with Gasteiger partial charge in [-0.15, -0.1) is 11.3 Å². The lowest BCUT2D eigenvalue weighted by Gasteiger charge is -2.24. The average Bonchev–Trinajstić information content (AvgIpc) is 2.76. The Morgan fingerprint density at radius 3 is 2.26 bits per heavy atom. The van der Waals surface area contributed by atoms with E-state index < -0.39 is 9.05 Å². The molecule has 0 radical (unpaired) electrons. The molecule has 0 aromatic carbocycles. The highest BCUT2D eigenvalue weighted by atomic mass is 35.7. The molecule has 1 amide bonds. The van der Waals surface area contributed by atoms with Crippen molar-refractivity contribution in [3.8, 4) is 0 Å². The summed E-state index contributed by atoms with van der Waals surface area (Å²) in [6.45, 7) is 1.50. The van der Waals surface area contributed by atoms with Gasteiger partial charge < -0.3 is 4.90 Å². The Hall–Kier alpha value is -0.590. The van der Waals surface area contributed by atoms with Gasteiger partial charge >= 0.3 is 0 Å². The molecule has 4 nitrogen and oxygen atoms in total. The molecule has 1 aliphatic rings. The summed E-state index contributed by atoms with van der Waals surface area (Å²) in [6, 6.07) is 1.37. The van der Waals surface area contributed by atoms with Crippen molar-refractivity contribution in [1.82, 2.24) is 4.90 Å². The van der Waals surface area contributed by atoms with Crippen LogP contribution in [0.15, 0.2) is 15.7 Å². The smallest absolute Gasteiger partial charge is 0.270 e. The van der Waals surface area contributed by atoms with E-state index in [9.17, 15) is 13.2 Å². The lowest BCUT2D eigenvalue weighted by Crippen LogP contribution is -2.33. The van der Waals surface area contributed by atoms with E-state index in [1.165, 1.54) is 12.5 Å². The zero-order valence-corrected chi connectivity index (χ0v) is 12.9. The summed E-state index contributed by atoms with van der Waals surface area (Å²) in [7, 11) is 1.53. The predicted molar refractivity (Wildman–Crippen MR) is 76.3 cm³/mol. The molecule has 1 aromatic heterocycles. The number of nitrogens with zero attached hydrogens (tertiary/aromatic N) is 1. The highest BCUT2D eigenvalue weighted by Crippen LogP contribution is 2.25. The minimum absolute atomic E-state index is 0.0320. The van der Waals surface area contributed by atoms with E-state index in [1.54, 1.807) is 5.38 Å². The van der Waals surface area contributed by atoms with Crippen LogP contribution in [0.1, 0.15) is 42.5 Å². The summed E-state index contributed by atoms with van der Waals surface area (Å²) in [5.41, 5.74) is 0.421. The Kier molecular flexibility index (Phi) is 4.86. The Morgan fingerprint density at radius 2 is 1.74 bits per heavy atom. The van der Waals surface area contributed by atoms with E-state index >= 15 is 0 Å². The minimum atomic E-state index is -3.74. The van der Waals surface area contributed by atoms with Gasteiger partial charge in [-0.3, -0.25) is 4.79 Å². The second kappa shape index (κ2) is 6.24. The molecular formula is C12H16ClNO3S2. The van der Waals surface area contributed by atoms with Crippen LogP contribution in [0.2, 0.25) is 0 Å². The van der Waals surface area contributed by atoms with Crippen LogP contribution >= 0.6 is 22.0 Å². The van der Waals surface area contributed by atoms with E-state index in [4.69, 9.17) is 10.7 Å². The predicted octanol–water partition coefficient (Wildman–Crippen LogP) is 3.08. The van der Waals surface area contributed by atoms with E-state index in [2.05, 4.69) is 0 Å². The third-order valence-electron chi connectivity index (χ3n) is 3.21. The fourth-order valence-electron chi connectivity index (χ4n) is 2.19. The molecule has 1 aliphatic heterocycles. The zero-order valence-electron chi connectivity index (χ0n) is 10.5. The first-order chi connectivity index (χ1) is 8.98. The third kappa shape index (κ3) is 3.94. The van der Waals surface area contributed by atoms with Crippen molar-refractivity contribution in [3.05, 3.63) is 17.0 Å². The minimum Gasteiger partial charge on any atom is -0.339 e. The van der Waals surface area contributed by atoms with Crippen LogP contribution in [0, 0.1) is 0 Å². The van der Waals surface area contributed by atoms with Gasteiger partial charge in [-0.25, -0.2) is 8.42 Å². The maximum atomic E-state index is 12.3. The van der Waals surface area contributed by atoms with Gasteiger partial charge in [0.05, 0.1) is 5.56 Å². The van der Waals surface area contributed by atoms with E-state index in [-0.39, 0.29) is 10.1 Å². The van der Waals surface area contributed by atoms with Crippen LogP contribution in [0.3, 0.4) is 0 Å². The molecule has 0 unspecified atom stereocenters. The second-order valence-corrected chi connectivity index (χ2v) is 8.36. The topological polar surface area (TPSA) is 54.5 Å². The van der Waals surface area contributed by atoms with Crippen molar-refractivity contribution in [2.75, 3.05) is 13.1 Å². The first-order valence-corrected chi connectivity index (χ1v) is 9.50. The van der Waals surface area contributed by atoms with E-state index in [0.717, 1.165) is 50.1 Å².